The molecule has 4 atom stereocenters. The lowest BCUT2D eigenvalue weighted by Gasteiger charge is -2.42. The molecule has 6 N–H and O–H groups in total. The van der Waals surface area contributed by atoms with Crippen molar-refractivity contribution in [1.29, 1.82) is 5.41 Å². The lowest BCUT2D eigenvalue weighted by atomic mass is 9.86. The third kappa shape index (κ3) is 6.06. The number of anilines is 3. The van der Waals surface area contributed by atoms with E-state index >= 15 is 0 Å². The molecular formula is C28H29F3N6O5. The molecule has 0 amide bonds. The molecule has 42 heavy (non-hydrogen) atoms. The molecule has 0 radical (unpaired) electrons. The lowest BCUT2D eigenvalue weighted by Crippen LogP contribution is -2.58. The first-order chi connectivity index (χ1) is 20.0. The Balaban J connectivity index is 1.24. The molecule has 1 saturated heterocycles. The number of hydrogen-bond donors (Lipinski definition) is 6. The number of aliphatic hydroxyl groups excluding tert-OH is 3. The van der Waals surface area contributed by atoms with Crippen molar-refractivity contribution in [2.75, 3.05) is 17.3 Å². The highest BCUT2D eigenvalue weighted by Crippen LogP contribution is 2.56. The molecule has 1 aromatic heterocycles. The number of nitrogens with zero attached hydrogens (tertiary/aromatic N) is 3. The van der Waals surface area contributed by atoms with Crippen LogP contribution in [0.3, 0.4) is 0 Å². The molecule has 2 fully saturated rings. The molecule has 5 rings (SSSR count). The number of rotatable bonds is 9. The number of hydrogen-bond acceptors (Lipinski definition) is 11. The Morgan fingerprint density at radius 2 is 1.74 bits per heavy atom. The number of aliphatic hydroxyl groups is 3. The van der Waals surface area contributed by atoms with E-state index in [1.807, 2.05) is 0 Å². The van der Waals surface area contributed by atoms with Gasteiger partial charge >= 0.3 is 6.18 Å². The van der Waals surface area contributed by atoms with Gasteiger partial charge in [0.25, 0.3) is 0 Å². The SMILES string of the molecule is Cc1nc(N/N=C\c2ccc(OC3OC(CO)C(O)C4(CC4)C3O)cc2)c(C=N)c(Nc2ccc(C(F)(F)F)cc2)n1. The van der Waals surface area contributed by atoms with Gasteiger partial charge in [-0.3, -0.25) is 5.43 Å². The van der Waals surface area contributed by atoms with Gasteiger partial charge in [0, 0.05) is 17.3 Å². The molecule has 2 heterocycles. The molecule has 222 valence electrons. The van der Waals surface area contributed by atoms with Crippen molar-refractivity contribution >= 4 is 29.8 Å². The maximum absolute atomic E-state index is 12.9. The van der Waals surface area contributed by atoms with Crippen molar-refractivity contribution in [1.82, 2.24) is 9.97 Å². The van der Waals surface area contributed by atoms with Crippen LogP contribution in [-0.2, 0) is 10.9 Å². The van der Waals surface area contributed by atoms with Gasteiger partial charge in [-0.25, -0.2) is 9.97 Å². The first-order valence-corrected chi connectivity index (χ1v) is 13.1. The zero-order chi connectivity index (χ0) is 30.1. The first kappa shape index (κ1) is 29.4. The molecule has 11 nitrogen and oxygen atoms in total. The number of benzene rings is 2. The number of aromatic nitrogens is 2. The highest BCUT2D eigenvalue weighted by atomic mass is 19.4. The lowest BCUT2D eigenvalue weighted by molar-refractivity contribution is -0.271. The van der Waals surface area contributed by atoms with Crippen LogP contribution in [0, 0.1) is 17.7 Å². The highest BCUT2D eigenvalue weighted by Gasteiger charge is 2.63. The second-order valence-corrected chi connectivity index (χ2v) is 10.1. The maximum atomic E-state index is 12.9. The summed E-state index contributed by atoms with van der Waals surface area (Å²) in [5, 5.41) is 45.6. The van der Waals surface area contributed by atoms with Crippen molar-refractivity contribution < 1.29 is 38.0 Å². The Hall–Kier alpha value is -4.11. The number of ether oxygens (including phenoxy) is 2. The number of hydrazone groups is 1. The van der Waals surface area contributed by atoms with E-state index in [0.29, 0.717) is 35.7 Å². The van der Waals surface area contributed by atoms with Crippen molar-refractivity contribution in [3.8, 4) is 5.75 Å². The number of nitrogens with one attached hydrogen (secondary N) is 3. The summed E-state index contributed by atoms with van der Waals surface area (Å²) >= 11 is 0. The quantitative estimate of drug-likeness (QED) is 0.162. The van der Waals surface area contributed by atoms with Crippen LogP contribution in [0.2, 0.25) is 0 Å². The Morgan fingerprint density at radius 3 is 2.33 bits per heavy atom. The Kier molecular flexibility index (Phi) is 8.14. The van der Waals surface area contributed by atoms with Crippen LogP contribution in [0.5, 0.6) is 5.75 Å². The Morgan fingerprint density at radius 1 is 1.07 bits per heavy atom. The van der Waals surface area contributed by atoms with E-state index in [9.17, 15) is 28.5 Å². The standard InChI is InChI=1S/C28H29F3N6O5/c1-15-34-24(36-18-6-4-17(5-7-18)28(29,30)31)20(12-32)25(35-15)37-33-13-16-2-8-19(9-3-16)41-26-23(40)27(10-11-27)22(39)21(14-38)42-26/h2-9,12-13,21-23,26,32,38-40H,10-11,14H2,1H3,(H2,34,35,36,37)/b32-12?,33-13-. The molecule has 1 spiro atoms. The van der Waals surface area contributed by atoms with Gasteiger partial charge in [0.15, 0.2) is 5.82 Å². The summed E-state index contributed by atoms with van der Waals surface area (Å²) in [6.07, 6.45) is -4.60. The van der Waals surface area contributed by atoms with Crippen LogP contribution >= 0.6 is 0 Å². The third-order valence-electron chi connectivity index (χ3n) is 7.30. The van der Waals surface area contributed by atoms with Crippen LogP contribution in [-0.4, -0.2) is 68.9 Å². The summed E-state index contributed by atoms with van der Waals surface area (Å²) in [6.45, 7) is 1.23. The maximum Gasteiger partial charge on any atom is 0.416 e. The molecular weight excluding hydrogens is 557 g/mol. The van der Waals surface area contributed by atoms with Crippen molar-refractivity contribution in [3.05, 3.63) is 71.0 Å². The first-order valence-electron chi connectivity index (χ1n) is 13.1. The summed E-state index contributed by atoms with van der Waals surface area (Å²) < 4.78 is 50.0. The molecule has 1 aliphatic carbocycles. The summed E-state index contributed by atoms with van der Waals surface area (Å²) in [5.74, 6) is 1.17. The molecule has 4 unspecified atom stereocenters. The summed E-state index contributed by atoms with van der Waals surface area (Å²) in [4.78, 5) is 8.55. The van der Waals surface area contributed by atoms with Crippen LogP contribution in [0.1, 0.15) is 35.4 Å². The predicted octanol–water partition coefficient (Wildman–Crippen LogP) is 3.59. The fraction of sp³-hybridized carbons (Fsp3) is 0.357. The van der Waals surface area contributed by atoms with Gasteiger partial charge in [-0.05, 0) is 73.9 Å². The van der Waals surface area contributed by atoms with Crippen LogP contribution in [0.4, 0.5) is 30.5 Å². The number of alkyl halides is 3. The van der Waals surface area contributed by atoms with Gasteiger partial charge < -0.3 is 35.5 Å². The molecule has 2 aliphatic rings. The zero-order valence-corrected chi connectivity index (χ0v) is 22.3. The largest absolute Gasteiger partial charge is 0.462 e. The van der Waals surface area contributed by atoms with E-state index in [1.165, 1.54) is 18.3 Å². The number of aryl methyl sites for hydroxylation is 1. The predicted molar refractivity (Wildman–Crippen MR) is 147 cm³/mol. The fourth-order valence-electron chi connectivity index (χ4n) is 4.82. The van der Waals surface area contributed by atoms with Gasteiger partial charge in [0.2, 0.25) is 6.29 Å². The van der Waals surface area contributed by atoms with E-state index in [4.69, 9.17) is 14.9 Å². The average Bonchev–Trinajstić information content (AvgIpc) is 3.76. The second-order valence-electron chi connectivity index (χ2n) is 10.1. The molecule has 1 saturated carbocycles. The van der Waals surface area contributed by atoms with Gasteiger partial charge in [-0.15, -0.1) is 0 Å². The summed E-state index contributed by atoms with van der Waals surface area (Å²) in [5.41, 5.74) is 2.53. The summed E-state index contributed by atoms with van der Waals surface area (Å²) in [6, 6.07) is 11.2. The fourth-order valence-corrected chi connectivity index (χ4v) is 4.82. The molecule has 0 bridgehead atoms. The van der Waals surface area contributed by atoms with E-state index in [-0.39, 0.29) is 17.2 Å². The van der Waals surface area contributed by atoms with Gasteiger partial charge in [0.1, 0.15) is 29.6 Å². The molecule has 1 aliphatic heterocycles. The third-order valence-corrected chi connectivity index (χ3v) is 7.30. The monoisotopic (exact) mass is 586 g/mol. The Bertz CT molecular complexity index is 1450. The van der Waals surface area contributed by atoms with Gasteiger partial charge in [0.05, 0.1) is 30.1 Å². The van der Waals surface area contributed by atoms with Crippen molar-refractivity contribution in [3.63, 3.8) is 0 Å². The average molecular weight is 587 g/mol. The van der Waals surface area contributed by atoms with E-state index in [0.717, 1.165) is 18.3 Å². The zero-order valence-electron chi connectivity index (χ0n) is 22.3. The van der Waals surface area contributed by atoms with Crippen LogP contribution in [0.15, 0.2) is 53.6 Å². The van der Waals surface area contributed by atoms with Crippen LogP contribution in [0.25, 0.3) is 0 Å². The van der Waals surface area contributed by atoms with E-state index in [2.05, 4.69) is 25.8 Å². The van der Waals surface area contributed by atoms with E-state index < -0.39 is 48.4 Å². The highest BCUT2D eigenvalue weighted by molar-refractivity contribution is 5.92. The minimum Gasteiger partial charge on any atom is -0.462 e. The minimum absolute atomic E-state index is 0.209. The van der Waals surface area contributed by atoms with Gasteiger partial charge in [-0.1, -0.05) is 0 Å². The smallest absolute Gasteiger partial charge is 0.416 e. The van der Waals surface area contributed by atoms with Crippen LogP contribution < -0.4 is 15.5 Å². The Labute approximate surface area is 238 Å². The van der Waals surface area contributed by atoms with Crippen molar-refractivity contribution in [2.45, 2.75) is 50.5 Å². The number of halogens is 3. The van der Waals surface area contributed by atoms with Crippen molar-refractivity contribution in [2.24, 2.45) is 10.5 Å². The topological polar surface area (TPSA) is 165 Å². The normalized spacial score (nSPS) is 23.1. The molecule has 14 heteroatoms. The second kappa shape index (κ2) is 11.6. The molecule has 2 aromatic carbocycles. The van der Waals surface area contributed by atoms with E-state index in [1.54, 1.807) is 31.2 Å². The van der Waals surface area contributed by atoms with Gasteiger partial charge in [-0.2, -0.15) is 18.3 Å². The minimum atomic E-state index is -4.45. The molecule has 3 aromatic rings. The summed E-state index contributed by atoms with van der Waals surface area (Å²) in [7, 11) is 0.